The molecule has 0 aromatic heterocycles. The quantitative estimate of drug-likeness (QED) is 0.434. The highest BCUT2D eigenvalue weighted by Crippen LogP contribution is 2.47. The van der Waals surface area contributed by atoms with Crippen molar-refractivity contribution in [3.63, 3.8) is 0 Å². The number of carbonyl (C=O) groups excluding carboxylic acids is 2. The number of ether oxygens (including phenoxy) is 3. The molecule has 1 amide bonds. The second-order valence-corrected chi connectivity index (χ2v) is 12.8. The Balaban J connectivity index is 1.27. The molecule has 0 radical (unpaired) electrons. The lowest BCUT2D eigenvalue weighted by molar-refractivity contribution is -0.159. The molecular weight excluding hydrogens is 562 g/mol. The number of Topliss-reactive ketones (excluding diaryl/α,β-unsaturated/α-hetero) is 1. The highest BCUT2D eigenvalue weighted by molar-refractivity contribution is 5.95. The van der Waals surface area contributed by atoms with Gasteiger partial charge in [0.1, 0.15) is 0 Å². The van der Waals surface area contributed by atoms with Crippen molar-refractivity contribution in [1.82, 2.24) is 25.3 Å². The maximum atomic E-state index is 14.7. The monoisotopic (exact) mass is 607 g/mol. The maximum Gasteiger partial charge on any atom is 0.246 e. The van der Waals surface area contributed by atoms with Crippen LogP contribution >= 0.6 is 0 Å². The van der Waals surface area contributed by atoms with Crippen LogP contribution in [-0.4, -0.2) is 123 Å². The number of anilines is 1. The number of ketones is 1. The molecule has 2 N–H and O–H groups in total. The van der Waals surface area contributed by atoms with Crippen LogP contribution in [0.2, 0.25) is 0 Å². The van der Waals surface area contributed by atoms with Crippen molar-refractivity contribution in [3.05, 3.63) is 30.9 Å². The van der Waals surface area contributed by atoms with Crippen molar-refractivity contribution in [2.24, 2.45) is 5.92 Å². The average molecular weight is 608 g/mol. The summed E-state index contributed by atoms with van der Waals surface area (Å²) in [6.45, 7) is 7.32. The van der Waals surface area contributed by atoms with E-state index < -0.39 is 18.0 Å². The third-order valence-electron chi connectivity index (χ3n) is 10.3. The summed E-state index contributed by atoms with van der Waals surface area (Å²) in [4.78, 5) is 35.7. The van der Waals surface area contributed by atoms with Crippen LogP contribution in [0.15, 0.2) is 30.9 Å². The zero-order valence-electron chi connectivity index (χ0n) is 26.0. The lowest BCUT2D eigenvalue weighted by Gasteiger charge is -2.55. The van der Waals surface area contributed by atoms with E-state index in [1.54, 1.807) is 12.0 Å². The Labute approximate surface area is 259 Å². The molecule has 6 rings (SSSR count). The minimum atomic E-state index is -1.03. The first-order valence-electron chi connectivity index (χ1n) is 15.8. The first-order valence-corrected chi connectivity index (χ1v) is 15.8. The molecule has 1 aromatic carbocycles. The number of carbonyl (C=O) groups is 2. The molecule has 0 bridgehead atoms. The van der Waals surface area contributed by atoms with Crippen molar-refractivity contribution < 1.29 is 23.8 Å². The fraction of sp³-hybridized carbons (Fsp3) is 0.656. The first kappa shape index (κ1) is 30.8. The third-order valence-corrected chi connectivity index (χ3v) is 10.3. The molecule has 1 aromatic rings. The SMILES string of the molecule is C=CC(=O)N1CCN(C2NC(OCC3CCCN3C)NC3C(=O)[C@@]4(CCC32)CN(C)c2cccc(OC)c2O4)CC1CC#N. The predicted octanol–water partition coefficient (Wildman–Crippen LogP) is 1.14. The molecule has 3 saturated heterocycles. The first-order chi connectivity index (χ1) is 21.3. The van der Waals surface area contributed by atoms with Gasteiger partial charge in [-0.25, -0.2) is 0 Å². The Bertz CT molecular complexity index is 1300. The summed E-state index contributed by atoms with van der Waals surface area (Å²) >= 11 is 0. The van der Waals surface area contributed by atoms with Gasteiger partial charge in [-0.05, 0) is 57.5 Å². The van der Waals surface area contributed by atoms with Gasteiger partial charge in [0.05, 0.1) is 56.7 Å². The van der Waals surface area contributed by atoms with Crippen LogP contribution in [0.3, 0.4) is 0 Å². The second kappa shape index (κ2) is 12.7. The van der Waals surface area contributed by atoms with Gasteiger partial charge in [0.2, 0.25) is 5.91 Å². The van der Waals surface area contributed by atoms with E-state index in [-0.39, 0.29) is 36.2 Å². The zero-order chi connectivity index (χ0) is 31.0. The Morgan fingerprint density at radius 2 is 2.07 bits per heavy atom. The molecule has 1 spiro atoms. The number of fused-ring (bicyclic) bond motifs is 2. The van der Waals surface area contributed by atoms with Gasteiger partial charge in [-0.3, -0.25) is 25.1 Å². The van der Waals surface area contributed by atoms with Crippen LogP contribution in [0, 0.1) is 17.2 Å². The molecule has 238 valence electrons. The highest BCUT2D eigenvalue weighted by atomic mass is 16.5. The van der Waals surface area contributed by atoms with E-state index in [4.69, 9.17) is 14.2 Å². The molecule has 1 saturated carbocycles. The van der Waals surface area contributed by atoms with Crippen LogP contribution in [0.5, 0.6) is 11.5 Å². The van der Waals surface area contributed by atoms with E-state index in [1.807, 2.05) is 25.2 Å². The number of hydrogen-bond acceptors (Lipinski definition) is 11. The number of nitriles is 1. The molecule has 1 aliphatic carbocycles. The van der Waals surface area contributed by atoms with Gasteiger partial charge in [-0.2, -0.15) is 5.26 Å². The number of likely N-dealkylation sites (N-methyl/N-ethyl adjacent to an activating group) is 2. The van der Waals surface area contributed by atoms with Crippen LogP contribution in [0.25, 0.3) is 0 Å². The van der Waals surface area contributed by atoms with E-state index in [0.717, 1.165) is 31.5 Å². The number of amides is 1. The second-order valence-electron chi connectivity index (χ2n) is 12.8. The number of nitrogens with one attached hydrogen (secondary N) is 2. The van der Waals surface area contributed by atoms with Crippen LogP contribution < -0.4 is 25.0 Å². The molecule has 5 aliphatic rings. The summed E-state index contributed by atoms with van der Waals surface area (Å²) < 4.78 is 18.7. The van der Waals surface area contributed by atoms with Crippen molar-refractivity contribution in [2.45, 2.75) is 68.3 Å². The number of nitrogens with zero attached hydrogens (tertiary/aromatic N) is 5. The lowest BCUT2D eigenvalue weighted by atomic mass is 9.71. The summed E-state index contributed by atoms with van der Waals surface area (Å²) in [6, 6.07) is 7.59. The summed E-state index contributed by atoms with van der Waals surface area (Å²) in [5, 5.41) is 16.8. The van der Waals surface area contributed by atoms with Crippen molar-refractivity contribution in [1.29, 1.82) is 5.26 Å². The molecule has 4 aliphatic heterocycles. The number of hydrogen-bond donors (Lipinski definition) is 2. The standard InChI is InChI=1S/C32H45N7O5/c1-5-26(40)39-17-16-38(18-21(39)12-14-33)30-23-11-13-32(20-37(3)24-9-6-10-25(42-4)28(24)44-32)29(41)27(23)34-31(35-30)43-19-22-8-7-15-36(22)2/h5-6,9-10,21-23,27,30-31,34-35H,1,7-8,11-13,15-20H2,2-4H3/t21?,22?,23?,27?,30?,31?,32-/m1/s1. The van der Waals surface area contributed by atoms with Gasteiger partial charge in [0.25, 0.3) is 0 Å². The number of piperazine rings is 1. The Morgan fingerprint density at radius 3 is 2.80 bits per heavy atom. The molecule has 4 fully saturated rings. The number of likely N-dealkylation sites (tertiary alicyclic amines) is 1. The predicted molar refractivity (Wildman–Crippen MR) is 164 cm³/mol. The van der Waals surface area contributed by atoms with Gasteiger partial charge in [0, 0.05) is 38.6 Å². The molecular formula is C32H45N7O5. The van der Waals surface area contributed by atoms with Gasteiger partial charge in [-0.1, -0.05) is 12.6 Å². The summed E-state index contributed by atoms with van der Waals surface area (Å²) in [6.07, 6.45) is 4.35. The normalized spacial score (nSPS) is 34.2. The largest absolute Gasteiger partial charge is 0.493 e. The highest BCUT2D eigenvalue weighted by Gasteiger charge is 2.58. The van der Waals surface area contributed by atoms with E-state index in [9.17, 15) is 14.9 Å². The van der Waals surface area contributed by atoms with Gasteiger partial charge < -0.3 is 28.9 Å². The summed E-state index contributed by atoms with van der Waals surface area (Å²) in [7, 11) is 5.73. The minimum Gasteiger partial charge on any atom is -0.493 e. The summed E-state index contributed by atoms with van der Waals surface area (Å²) in [5.74, 6) is 1.01. The fourth-order valence-corrected chi connectivity index (χ4v) is 7.91. The smallest absolute Gasteiger partial charge is 0.246 e. The number of rotatable bonds is 7. The van der Waals surface area contributed by atoms with E-state index in [1.165, 1.54) is 6.08 Å². The van der Waals surface area contributed by atoms with Crippen LogP contribution in [-0.2, 0) is 14.3 Å². The fourth-order valence-electron chi connectivity index (χ4n) is 7.91. The molecule has 7 atom stereocenters. The summed E-state index contributed by atoms with van der Waals surface area (Å²) in [5.41, 5.74) is -0.125. The Kier molecular flexibility index (Phi) is 8.86. The van der Waals surface area contributed by atoms with Gasteiger partial charge in [0.15, 0.2) is 29.2 Å². The van der Waals surface area contributed by atoms with E-state index >= 15 is 0 Å². The van der Waals surface area contributed by atoms with Crippen molar-refractivity contribution >= 4 is 17.4 Å². The van der Waals surface area contributed by atoms with E-state index in [2.05, 4.69) is 45.0 Å². The third kappa shape index (κ3) is 5.56. The number of methoxy groups -OCH3 is 1. The average Bonchev–Trinajstić information content (AvgIpc) is 3.45. The molecule has 44 heavy (non-hydrogen) atoms. The topological polar surface area (TPSA) is 123 Å². The number of benzene rings is 1. The molecule has 12 nitrogen and oxygen atoms in total. The van der Waals surface area contributed by atoms with Crippen LogP contribution in [0.1, 0.15) is 32.1 Å². The van der Waals surface area contributed by atoms with Crippen molar-refractivity contribution in [3.8, 4) is 17.6 Å². The van der Waals surface area contributed by atoms with Crippen LogP contribution in [0.4, 0.5) is 5.69 Å². The Morgan fingerprint density at radius 1 is 1.23 bits per heavy atom. The number of para-hydroxylation sites is 1. The maximum absolute atomic E-state index is 14.7. The van der Waals surface area contributed by atoms with Gasteiger partial charge in [-0.15, -0.1) is 0 Å². The van der Waals surface area contributed by atoms with Crippen molar-refractivity contribution in [2.75, 3.05) is 65.4 Å². The molecule has 12 heteroatoms. The zero-order valence-corrected chi connectivity index (χ0v) is 26.0. The van der Waals surface area contributed by atoms with Gasteiger partial charge >= 0.3 is 0 Å². The molecule has 6 unspecified atom stereocenters. The Hall–Kier alpha value is -3.21. The lowest BCUT2D eigenvalue weighted by Crippen LogP contribution is -2.76. The molecule has 4 heterocycles. The van der Waals surface area contributed by atoms with E-state index in [0.29, 0.717) is 56.7 Å². The minimum absolute atomic E-state index is 0.0179.